The van der Waals surface area contributed by atoms with Gasteiger partial charge in [0.1, 0.15) is 0 Å². The number of hydrogen-bond donors (Lipinski definition) is 2. The van der Waals surface area contributed by atoms with E-state index < -0.39 is 0 Å². The first-order chi connectivity index (χ1) is 6.83. The van der Waals surface area contributed by atoms with Crippen molar-refractivity contribution in [2.45, 2.75) is 32.0 Å². The number of H-pyrrole nitrogens is 1. The van der Waals surface area contributed by atoms with Crippen molar-refractivity contribution in [1.29, 1.82) is 0 Å². The van der Waals surface area contributed by atoms with Gasteiger partial charge in [-0.3, -0.25) is 5.10 Å². The molecule has 2 amide bonds. The summed E-state index contributed by atoms with van der Waals surface area (Å²) < 4.78 is 0. The van der Waals surface area contributed by atoms with Crippen molar-refractivity contribution in [2.24, 2.45) is 0 Å². The summed E-state index contributed by atoms with van der Waals surface area (Å²) in [5.74, 6) is 0. The Morgan fingerprint density at radius 2 is 2.43 bits per heavy atom. The highest BCUT2D eigenvalue weighted by atomic mass is 16.2. The Labute approximate surface area is 81.5 Å². The van der Waals surface area contributed by atoms with Gasteiger partial charge in [-0.05, 0) is 12.8 Å². The summed E-state index contributed by atoms with van der Waals surface area (Å²) in [6.07, 6.45) is 4.05. The Bertz CT molecular complexity index is 348. The molecule has 0 spiro atoms. The first-order valence-electron chi connectivity index (χ1n) is 4.89. The van der Waals surface area contributed by atoms with Gasteiger partial charge in [-0.1, -0.05) is 0 Å². The van der Waals surface area contributed by atoms with Gasteiger partial charge in [0.05, 0.1) is 25.0 Å². The quantitative estimate of drug-likeness (QED) is 0.684. The maximum atomic E-state index is 11.6. The van der Waals surface area contributed by atoms with E-state index in [-0.39, 0.29) is 6.03 Å². The zero-order valence-electron chi connectivity index (χ0n) is 7.79. The molecule has 0 bridgehead atoms. The minimum atomic E-state index is 0.0529. The fraction of sp³-hybridized carbons (Fsp3) is 0.556. The van der Waals surface area contributed by atoms with E-state index in [2.05, 4.69) is 15.5 Å². The van der Waals surface area contributed by atoms with Crippen LogP contribution in [0.4, 0.5) is 4.79 Å². The number of carbonyl (C=O) groups is 1. The second-order valence-electron chi connectivity index (χ2n) is 3.95. The lowest BCUT2D eigenvalue weighted by Gasteiger charge is -2.15. The summed E-state index contributed by atoms with van der Waals surface area (Å²) in [5, 5.41) is 9.80. The van der Waals surface area contributed by atoms with Crippen molar-refractivity contribution in [1.82, 2.24) is 20.4 Å². The predicted molar refractivity (Wildman–Crippen MR) is 49.4 cm³/mol. The van der Waals surface area contributed by atoms with Gasteiger partial charge in [0.2, 0.25) is 0 Å². The monoisotopic (exact) mass is 192 g/mol. The van der Waals surface area contributed by atoms with Crippen molar-refractivity contribution in [3.05, 3.63) is 17.5 Å². The highest BCUT2D eigenvalue weighted by Crippen LogP contribution is 2.22. The van der Waals surface area contributed by atoms with Gasteiger partial charge < -0.3 is 10.2 Å². The number of fused-ring (bicyclic) bond motifs is 1. The third kappa shape index (κ3) is 1.25. The number of rotatable bonds is 1. The summed E-state index contributed by atoms with van der Waals surface area (Å²) in [6, 6.07) is 0.483. The molecule has 1 fully saturated rings. The molecule has 1 saturated carbocycles. The van der Waals surface area contributed by atoms with Crippen LogP contribution in [0.1, 0.15) is 24.1 Å². The van der Waals surface area contributed by atoms with E-state index in [1.165, 1.54) is 0 Å². The largest absolute Gasteiger partial charge is 0.335 e. The van der Waals surface area contributed by atoms with Gasteiger partial charge in [0.15, 0.2) is 0 Å². The molecule has 0 radical (unpaired) electrons. The van der Waals surface area contributed by atoms with Crippen LogP contribution in [0.2, 0.25) is 0 Å². The standard InChI is InChI=1S/C9H12N4O/c14-9(11-7-1-2-7)13-4-6-3-10-12-8(6)5-13/h3,7H,1-2,4-5H2,(H,10,12)(H,11,14). The Balaban J connectivity index is 1.65. The Hall–Kier alpha value is -1.52. The van der Waals surface area contributed by atoms with Crippen molar-refractivity contribution in [3.63, 3.8) is 0 Å². The Morgan fingerprint density at radius 3 is 3.14 bits per heavy atom. The number of amides is 2. The van der Waals surface area contributed by atoms with Crippen LogP contribution in [0.25, 0.3) is 0 Å². The molecule has 5 nitrogen and oxygen atoms in total. The first kappa shape index (κ1) is 7.84. The highest BCUT2D eigenvalue weighted by Gasteiger charge is 2.29. The molecule has 3 rings (SSSR count). The Morgan fingerprint density at radius 1 is 1.57 bits per heavy atom. The second-order valence-corrected chi connectivity index (χ2v) is 3.95. The van der Waals surface area contributed by atoms with E-state index in [0.29, 0.717) is 19.1 Å². The third-order valence-corrected chi connectivity index (χ3v) is 2.71. The maximum Gasteiger partial charge on any atom is 0.318 e. The van der Waals surface area contributed by atoms with Crippen molar-refractivity contribution in [2.75, 3.05) is 0 Å². The normalized spacial score (nSPS) is 19.6. The number of aromatic amines is 1. The van der Waals surface area contributed by atoms with E-state index in [0.717, 1.165) is 24.1 Å². The van der Waals surface area contributed by atoms with Gasteiger partial charge in [0.25, 0.3) is 0 Å². The molecule has 0 saturated heterocycles. The van der Waals surface area contributed by atoms with Crippen LogP contribution < -0.4 is 5.32 Å². The van der Waals surface area contributed by atoms with Crippen LogP contribution in [0.5, 0.6) is 0 Å². The topological polar surface area (TPSA) is 61.0 Å². The van der Waals surface area contributed by atoms with E-state index in [9.17, 15) is 4.79 Å². The lowest BCUT2D eigenvalue weighted by molar-refractivity contribution is 0.197. The van der Waals surface area contributed by atoms with Crippen molar-refractivity contribution < 1.29 is 4.79 Å². The summed E-state index contributed by atoms with van der Waals surface area (Å²) >= 11 is 0. The van der Waals surface area contributed by atoms with E-state index in [1.54, 1.807) is 11.1 Å². The van der Waals surface area contributed by atoms with Crippen LogP contribution in [0.15, 0.2) is 6.20 Å². The lowest BCUT2D eigenvalue weighted by atomic mass is 10.3. The van der Waals surface area contributed by atoms with Crippen LogP contribution in [-0.2, 0) is 13.1 Å². The minimum absolute atomic E-state index is 0.0529. The zero-order chi connectivity index (χ0) is 9.54. The number of urea groups is 1. The second kappa shape index (κ2) is 2.73. The molecule has 5 heteroatoms. The molecule has 2 aliphatic rings. The Kier molecular flexibility index (Phi) is 1.53. The summed E-state index contributed by atoms with van der Waals surface area (Å²) in [4.78, 5) is 13.4. The smallest absolute Gasteiger partial charge is 0.318 e. The molecule has 0 aromatic carbocycles. The zero-order valence-corrected chi connectivity index (χ0v) is 7.79. The molecule has 1 aliphatic carbocycles. The average molecular weight is 192 g/mol. The molecule has 74 valence electrons. The number of nitrogens with zero attached hydrogens (tertiary/aromatic N) is 2. The fourth-order valence-electron chi connectivity index (χ4n) is 1.70. The molecule has 0 atom stereocenters. The molecular formula is C9H12N4O. The number of aromatic nitrogens is 2. The van der Waals surface area contributed by atoms with Gasteiger partial charge in [0, 0.05) is 11.6 Å². The molecule has 2 heterocycles. The summed E-state index contributed by atoms with van der Waals surface area (Å²) in [7, 11) is 0. The average Bonchev–Trinajstić information content (AvgIpc) is 2.73. The lowest BCUT2D eigenvalue weighted by Crippen LogP contribution is -2.37. The highest BCUT2D eigenvalue weighted by molar-refractivity contribution is 5.75. The first-order valence-corrected chi connectivity index (χ1v) is 4.89. The van der Waals surface area contributed by atoms with Crippen LogP contribution >= 0.6 is 0 Å². The molecule has 14 heavy (non-hydrogen) atoms. The number of carbonyl (C=O) groups excluding carboxylic acids is 1. The van der Waals surface area contributed by atoms with E-state index >= 15 is 0 Å². The van der Waals surface area contributed by atoms with E-state index in [4.69, 9.17) is 0 Å². The molecule has 0 unspecified atom stereocenters. The molecule has 1 aromatic rings. The number of nitrogens with one attached hydrogen (secondary N) is 2. The van der Waals surface area contributed by atoms with Crippen LogP contribution in [0.3, 0.4) is 0 Å². The van der Waals surface area contributed by atoms with Gasteiger partial charge in [-0.15, -0.1) is 0 Å². The molecular weight excluding hydrogens is 180 g/mol. The van der Waals surface area contributed by atoms with Crippen LogP contribution in [-0.4, -0.2) is 27.2 Å². The van der Waals surface area contributed by atoms with Gasteiger partial charge in [-0.25, -0.2) is 4.79 Å². The predicted octanol–water partition coefficient (Wildman–Crippen LogP) is 0.597. The molecule has 1 aliphatic heterocycles. The van der Waals surface area contributed by atoms with Crippen LogP contribution in [0, 0.1) is 0 Å². The number of hydrogen-bond acceptors (Lipinski definition) is 2. The maximum absolute atomic E-state index is 11.6. The third-order valence-electron chi connectivity index (χ3n) is 2.71. The van der Waals surface area contributed by atoms with Crippen molar-refractivity contribution >= 4 is 6.03 Å². The fourth-order valence-corrected chi connectivity index (χ4v) is 1.70. The van der Waals surface area contributed by atoms with Gasteiger partial charge >= 0.3 is 6.03 Å². The SMILES string of the molecule is O=C(NC1CC1)N1Cc2cn[nH]c2C1. The van der Waals surface area contributed by atoms with Gasteiger partial charge in [-0.2, -0.15) is 5.10 Å². The van der Waals surface area contributed by atoms with Crippen molar-refractivity contribution in [3.8, 4) is 0 Å². The molecule has 1 aromatic heterocycles. The minimum Gasteiger partial charge on any atom is -0.335 e. The summed E-state index contributed by atoms with van der Waals surface area (Å²) in [6.45, 7) is 1.35. The molecule has 2 N–H and O–H groups in total. The van der Waals surface area contributed by atoms with E-state index in [1.807, 2.05) is 0 Å². The summed E-state index contributed by atoms with van der Waals surface area (Å²) in [5.41, 5.74) is 2.20.